The topological polar surface area (TPSA) is 96.0 Å². The summed E-state index contributed by atoms with van der Waals surface area (Å²) in [6, 6.07) is 9.03. The van der Waals surface area contributed by atoms with Crippen LogP contribution in [0.25, 0.3) is 11.0 Å². The molecular weight excluding hydrogens is 448 g/mol. The van der Waals surface area contributed by atoms with Gasteiger partial charge in [-0.25, -0.2) is 13.4 Å². The van der Waals surface area contributed by atoms with Crippen molar-refractivity contribution in [3.8, 4) is 11.5 Å². The number of rotatable bonds is 6. The molecule has 0 N–H and O–H groups in total. The van der Waals surface area contributed by atoms with Gasteiger partial charge in [-0.1, -0.05) is 6.07 Å². The molecule has 0 spiro atoms. The zero-order valence-corrected chi connectivity index (χ0v) is 18.7. The van der Waals surface area contributed by atoms with E-state index in [0.717, 1.165) is 28.8 Å². The number of benzene rings is 2. The van der Waals surface area contributed by atoms with Gasteiger partial charge in [0, 0.05) is 24.0 Å². The maximum absolute atomic E-state index is 12.9. The lowest BCUT2D eigenvalue weighted by molar-refractivity contribution is -0.148. The maximum Gasteiger partial charge on any atom is 0.302 e. The van der Waals surface area contributed by atoms with E-state index in [2.05, 4.69) is 10.3 Å². The van der Waals surface area contributed by atoms with Crippen LogP contribution >= 0.6 is 0 Å². The lowest BCUT2D eigenvalue weighted by atomic mass is 9.74. The highest BCUT2D eigenvalue weighted by molar-refractivity contribution is 6.16. The Balaban J connectivity index is 1.61. The second kappa shape index (κ2) is 9.00. The van der Waals surface area contributed by atoms with Crippen LogP contribution in [0.5, 0.6) is 11.5 Å². The van der Waals surface area contributed by atoms with Crippen molar-refractivity contribution in [1.29, 1.82) is 0 Å². The third-order valence-corrected chi connectivity index (χ3v) is 6.28. The number of carbonyl (C=O) groups excluding carboxylic acids is 1. The average Bonchev–Trinajstić information content (AvgIpc) is 3.29. The highest BCUT2D eigenvalue weighted by atomic mass is 19.3. The number of esters is 1. The SMILES string of the molecule is COc1cc2c(cc1OCC(F)F)C1CC(OC(C)=O)CCC1N=C2c1ccc2nonc2c1. The van der Waals surface area contributed by atoms with Gasteiger partial charge in [0.2, 0.25) is 0 Å². The van der Waals surface area contributed by atoms with E-state index < -0.39 is 13.0 Å². The number of carbonyl (C=O) groups is 1. The summed E-state index contributed by atoms with van der Waals surface area (Å²) in [5, 5.41) is 7.79. The van der Waals surface area contributed by atoms with Crippen molar-refractivity contribution in [2.45, 2.75) is 50.7 Å². The minimum Gasteiger partial charge on any atom is -0.493 e. The molecule has 0 bridgehead atoms. The third-order valence-electron chi connectivity index (χ3n) is 6.28. The molecule has 8 nitrogen and oxygen atoms in total. The van der Waals surface area contributed by atoms with E-state index in [1.54, 1.807) is 12.1 Å². The molecule has 34 heavy (non-hydrogen) atoms. The van der Waals surface area contributed by atoms with E-state index in [1.807, 2.05) is 18.2 Å². The number of hydrogen-bond donors (Lipinski definition) is 0. The first-order valence-corrected chi connectivity index (χ1v) is 11.0. The zero-order chi connectivity index (χ0) is 23.8. The fourth-order valence-corrected chi connectivity index (χ4v) is 4.85. The summed E-state index contributed by atoms with van der Waals surface area (Å²) >= 11 is 0. The Kier molecular flexibility index (Phi) is 5.89. The number of ether oxygens (including phenoxy) is 3. The van der Waals surface area contributed by atoms with E-state index in [0.29, 0.717) is 29.6 Å². The average molecular weight is 471 g/mol. The molecule has 2 aromatic carbocycles. The van der Waals surface area contributed by atoms with Gasteiger partial charge in [0.05, 0.1) is 18.9 Å². The first-order valence-electron chi connectivity index (χ1n) is 11.0. The van der Waals surface area contributed by atoms with Crippen LogP contribution in [0.15, 0.2) is 40.0 Å². The van der Waals surface area contributed by atoms with Gasteiger partial charge in [0.1, 0.15) is 23.7 Å². The Morgan fingerprint density at radius 3 is 2.74 bits per heavy atom. The van der Waals surface area contributed by atoms with E-state index in [4.69, 9.17) is 23.8 Å². The minimum atomic E-state index is -2.61. The molecule has 5 rings (SSSR count). The van der Waals surface area contributed by atoms with Crippen molar-refractivity contribution in [1.82, 2.24) is 10.3 Å². The summed E-state index contributed by atoms with van der Waals surface area (Å²) in [5.41, 5.74) is 4.51. The molecule has 1 fully saturated rings. The first kappa shape index (κ1) is 22.2. The summed E-state index contributed by atoms with van der Waals surface area (Å²) in [4.78, 5) is 16.6. The predicted molar refractivity (Wildman–Crippen MR) is 118 cm³/mol. The number of alkyl halides is 2. The molecule has 10 heteroatoms. The summed E-state index contributed by atoms with van der Waals surface area (Å²) < 4.78 is 46.9. The van der Waals surface area contributed by atoms with Gasteiger partial charge in [-0.15, -0.1) is 0 Å². The predicted octanol–water partition coefficient (Wildman–Crippen LogP) is 4.29. The molecular formula is C24H23F2N3O5. The van der Waals surface area contributed by atoms with Gasteiger partial charge >= 0.3 is 5.97 Å². The van der Waals surface area contributed by atoms with Gasteiger partial charge < -0.3 is 14.2 Å². The first-order chi connectivity index (χ1) is 16.4. The van der Waals surface area contributed by atoms with Crippen molar-refractivity contribution in [2.24, 2.45) is 4.99 Å². The molecule has 178 valence electrons. The number of fused-ring (bicyclic) bond motifs is 4. The van der Waals surface area contributed by atoms with E-state index in [9.17, 15) is 13.6 Å². The summed E-state index contributed by atoms with van der Waals surface area (Å²) in [7, 11) is 1.46. The van der Waals surface area contributed by atoms with Crippen LogP contribution in [-0.4, -0.2) is 54.3 Å². The monoisotopic (exact) mass is 471 g/mol. The Bertz CT molecular complexity index is 1260. The molecule has 2 aliphatic rings. The molecule has 0 amide bonds. The van der Waals surface area contributed by atoms with Gasteiger partial charge in [-0.2, -0.15) is 0 Å². The van der Waals surface area contributed by atoms with Crippen molar-refractivity contribution >= 4 is 22.7 Å². The van der Waals surface area contributed by atoms with Gasteiger partial charge in [-0.3, -0.25) is 9.79 Å². The lowest BCUT2D eigenvalue weighted by Gasteiger charge is -2.38. The van der Waals surface area contributed by atoms with Gasteiger partial charge in [0.25, 0.3) is 6.43 Å². The van der Waals surface area contributed by atoms with E-state index >= 15 is 0 Å². The van der Waals surface area contributed by atoms with E-state index in [1.165, 1.54) is 14.0 Å². The van der Waals surface area contributed by atoms with Crippen LogP contribution < -0.4 is 9.47 Å². The second-order valence-electron chi connectivity index (χ2n) is 8.46. The van der Waals surface area contributed by atoms with Crippen LogP contribution in [0.1, 0.15) is 48.8 Å². The van der Waals surface area contributed by atoms with Gasteiger partial charge in [-0.05, 0) is 59.4 Å². The Labute approximate surface area is 193 Å². The Hall–Kier alpha value is -3.56. The molecule has 1 aliphatic carbocycles. The second-order valence-corrected chi connectivity index (χ2v) is 8.46. The van der Waals surface area contributed by atoms with Crippen molar-refractivity contribution < 1.29 is 32.4 Å². The number of methoxy groups -OCH3 is 1. The standard InChI is InChI=1S/C24H23F2N3O5/c1-12(30)33-14-4-6-18-16(8-14)15-9-22(32-11-23(25)26)21(31-2)10-17(15)24(27-18)13-3-5-19-20(7-13)29-34-28-19/h3,5,7,9-10,14,16,18,23H,4,6,8,11H2,1-2H3. The van der Waals surface area contributed by atoms with Crippen molar-refractivity contribution in [2.75, 3.05) is 13.7 Å². The number of hydrogen-bond acceptors (Lipinski definition) is 8. The number of aliphatic imine (C=N–C) groups is 1. The Morgan fingerprint density at radius 1 is 1.15 bits per heavy atom. The van der Waals surface area contributed by atoms with Crippen LogP contribution in [0, 0.1) is 0 Å². The molecule has 2 heterocycles. The van der Waals surface area contributed by atoms with Crippen LogP contribution in [-0.2, 0) is 9.53 Å². The summed E-state index contributed by atoms with van der Waals surface area (Å²) in [6.45, 7) is 0.656. The third kappa shape index (κ3) is 4.20. The molecule has 3 unspecified atom stereocenters. The fourth-order valence-electron chi connectivity index (χ4n) is 4.85. The molecule has 3 atom stereocenters. The maximum atomic E-state index is 12.9. The highest BCUT2D eigenvalue weighted by Crippen LogP contribution is 2.45. The highest BCUT2D eigenvalue weighted by Gasteiger charge is 2.39. The van der Waals surface area contributed by atoms with E-state index in [-0.39, 0.29) is 29.8 Å². The molecule has 0 saturated heterocycles. The minimum absolute atomic E-state index is 0.0585. The lowest BCUT2D eigenvalue weighted by Crippen LogP contribution is -2.36. The number of halogens is 2. The molecule has 1 saturated carbocycles. The molecule has 0 radical (unpaired) electrons. The summed E-state index contributed by atoms with van der Waals surface area (Å²) in [6.07, 6.45) is -0.839. The smallest absolute Gasteiger partial charge is 0.302 e. The van der Waals surface area contributed by atoms with Crippen LogP contribution in [0.3, 0.4) is 0 Å². The van der Waals surface area contributed by atoms with Crippen LogP contribution in [0.4, 0.5) is 8.78 Å². The largest absolute Gasteiger partial charge is 0.493 e. The van der Waals surface area contributed by atoms with Gasteiger partial charge in [0.15, 0.2) is 11.5 Å². The van der Waals surface area contributed by atoms with Crippen LogP contribution in [0.2, 0.25) is 0 Å². The summed E-state index contributed by atoms with van der Waals surface area (Å²) in [5.74, 6) is 0.192. The van der Waals surface area contributed by atoms with Crippen molar-refractivity contribution in [3.05, 3.63) is 47.0 Å². The normalized spacial score (nSPS) is 21.6. The zero-order valence-electron chi connectivity index (χ0n) is 18.7. The van der Waals surface area contributed by atoms with Crippen molar-refractivity contribution in [3.63, 3.8) is 0 Å². The number of nitrogens with zero attached hydrogens (tertiary/aromatic N) is 3. The quantitative estimate of drug-likeness (QED) is 0.495. The fraction of sp³-hybridized carbons (Fsp3) is 0.417. The molecule has 1 aliphatic heterocycles. The number of aromatic nitrogens is 2. The molecule has 3 aromatic rings. The Morgan fingerprint density at radius 2 is 1.97 bits per heavy atom. The molecule has 1 aromatic heterocycles.